The van der Waals surface area contributed by atoms with E-state index < -0.39 is 0 Å². The van der Waals surface area contributed by atoms with Crippen molar-refractivity contribution in [2.24, 2.45) is 0 Å². The first kappa shape index (κ1) is 24.1. The summed E-state index contributed by atoms with van der Waals surface area (Å²) in [6, 6.07) is 16.3. The molecule has 9 nitrogen and oxygen atoms in total. The summed E-state index contributed by atoms with van der Waals surface area (Å²) < 4.78 is 7.46. The molecule has 1 fully saturated rings. The molecule has 10 heteroatoms. The topological polar surface area (TPSA) is 87.0 Å². The van der Waals surface area contributed by atoms with Gasteiger partial charge in [-0.05, 0) is 68.2 Å². The Hall–Kier alpha value is -3.66. The van der Waals surface area contributed by atoms with Gasteiger partial charge in [-0.3, -0.25) is 0 Å². The molecule has 2 N–H and O–H groups in total. The lowest BCUT2D eigenvalue weighted by atomic mass is 10.2. The highest BCUT2D eigenvalue weighted by Gasteiger charge is 2.19. The number of carbonyl (C=O) groups is 1. The molecule has 0 bridgehead atoms. The van der Waals surface area contributed by atoms with Crippen molar-refractivity contribution < 1.29 is 9.53 Å². The fourth-order valence-electron chi connectivity index (χ4n) is 4.18. The van der Waals surface area contributed by atoms with Crippen LogP contribution in [-0.2, 0) is 11.3 Å². The lowest BCUT2D eigenvalue weighted by Gasteiger charge is -2.28. The van der Waals surface area contributed by atoms with E-state index in [4.69, 9.17) is 26.4 Å². The van der Waals surface area contributed by atoms with Crippen LogP contribution >= 0.6 is 11.6 Å². The Kier molecular flexibility index (Phi) is 7.04. The van der Waals surface area contributed by atoms with Gasteiger partial charge in [0.15, 0.2) is 11.6 Å². The van der Waals surface area contributed by atoms with Crippen LogP contribution in [-0.4, -0.2) is 65.9 Å². The number of aromatic nitrogens is 3. The highest BCUT2D eigenvalue weighted by molar-refractivity contribution is 6.30. The van der Waals surface area contributed by atoms with Gasteiger partial charge < -0.3 is 25.2 Å². The van der Waals surface area contributed by atoms with E-state index in [0.29, 0.717) is 35.4 Å². The van der Waals surface area contributed by atoms with Gasteiger partial charge in [-0.25, -0.2) is 14.3 Å². The van der Waals surface area contributed by atoms with Crippen LogP contribution in [0.4, 0.5) is 22.0 Å². The Bertz CT molecular complexity index is 1360. The first-order valence-corrected chi connectivity index (χ1v) is 12.1. The predicted molar refractivity (Wildman–Crippen MR) is 143 cm³/mol. The summed E-state index contributed by atoms with van der Waals surface area (Å²) in [5.41, 5.74) is 4.28. The van der Waals surface area contributed by atoms with Crippen molar-refractivity contribution >= 4 is 40.3 Å². The third kappa shape index (κ3) is 5.59. The Balaban J connectivity index is 1.39. The minimum absolute atomic E-state index is 0.349. The molecule has 1 aliphatic heterocycles. The molecule has 0 unspecified atom stereocenters. The number of carbonyl (C=O) groups excluding carboxylic acids is 1. The molecule has 3 heterocycles. The SMILES string of the molecule is CN(C)Cc1cc2c(N3CCOCC3)nc(-c3ccc(NC(=O)Nc4cccc(Cl)c4)cc3)nn2c1. The van der Waals surface area contributed by atoms with E-state index >= 15 is 0 Å². The van der Waals surface area contributed by atoms with Crippen LogP contribution in [0.15, 0.2) is 60.8 Å². The normalized spacial score (nSPS) is 13.8. The number of amides is 2. The standard InChI is InChI=1S/C26H28ClN7O2/c1-32(2)16-18-14-23-25(33-10-12-36-13-11-33)30-24(31-34(23)17-18)19-6-8-21(9-7-19)28-26(35)29-22-5-3-4-20(27)15-22/h3-9,14-15,17H,10-13,16H2,1-2H3,(H2,28,29,35). The molecule has 0 saturated carbocycles. The van der Waals surface area contributed by atoms with Crippen LogP contribution in [0.1, 0.15) is 5.56 Å². The Labute approximate surface area is 214 Å². The van der Waals surface area contributed by atoms with Crippen molar-refractivity contribution in [1.29, 1.82) is 0 Å². The Morgan fingerprint density at radius 1 is 1.06 bits per heavy atom. The largest absolute Gasteiger partial charge is 0.378 e. The molecule has 4 aromatic rings. The lowest BCUT2D eigenvalue weighted by Crippen LogP contribution is -2.37. The number of hydrogen-bond acceptors (Lipinski definition) is 6. The van der Waals surface area contributed by atoms with Crippen molar-refractivity contribution in [2.45, 2.75) is 6.54 Å². The number of rotatable bonds is 6. The smallest absolute Gasteiger partial charge is 0.323 e. The molecule has 2 aromatic carbocycles. The van der Waals surface area contributed by atoms with Gasteiger partial charge in [-0.2, -0.15) is 0 Å². The molecule has 5 rings (SSSR count). The van der Waals surface area contributed by atoms with E-state index in [0.717, 1.165) is 36.5 Å². The van der Waals surface area contributed by atoms with Gasteiger partial charge >= 0.3 is 6.03 Å². The summed E-state index contributed by atoms with van der Waals surface area (Å²) in [5, 5.41) is 11.0. The monoisotopic (exact) mass is 505 g/mol. The number of halogens is 1. The van der Waals surface area contributed by atoms with Crippen molar-refractivity contribution in [1.82, 2.24) is 19.5 Å². The van der Waals surface area contributed by atoms with Crippen molar-refractivity contribution in [3.63, 3.8) is 0 Å². The molecule has 0 atom stereocenters. The minimum atomic E-state index is -0.349. The van der Waals surface area contributed by atoms with E-state index in [1.54, 1.807) is 24.3 Å². The molecule has 1 saturated heterocycles. The molecule has 2 aromatic heterocycles. The van der Waals surface area contributed by atoms with E-state index in [1.165, 1.54) is 5.56 Å². The number of nitrogens with one attached hydrogen (secondary N) is 2. The average Bonchev–Trinajstić information content (AvgIpc) is 3.26. The number of morpholine rings is 1. The summed E-state index contributed by atoms with van der Waals surface area (Å²) in [4.78, 5) is 21.7. The molecule has 0 spiro atoms. The van der Waals surface area contributed by atoms with Gasteiger partial charge in [0.05, 0.1) is 13.2 Å². The summed E-state index contributed by atoms with van der Waals surface area (Å²) in [5.74, 6) is 1.52. The molecule has 0 radical (unpaired) electrons. The van der Waals surface area contributed by atoms with E-state index in [2.05, 4.69) is 32.7 Å². The lowest BCUT2D eigenvalue weighted by molar-refractivity contribution is 0.122. The van der Waals surface area contributed by atoms with Crippen LogP contribution in [0.3, 0.4) is 0 Å². The fraction of sp³-hybridized carbons (Fsp3) is 0.269. The van der Waals surface area contributed by atoms with Gasteiger partial charge in [0.1, 0.15) is 5.52 Å². The zero-order chi connectivity index (χ0) is 25.1. The molecule has 1 aliphatic rings. The van der Waals surface area contributed by atoms with Gasteiger partial charge in [0.2, 0.25) is 0 Å². The zero-order valence-electron chi connectivity index (χ0n) is 20.2. The fourth-order valence-corrected chi connectivity index (χ4v) is 4.37. The first-order valence-electron chi connectivity index (χ1n) is 11.8. The van der Waals surface area contributed by atoms with Gasteiger partial charge in [0, 0.05) is 47.8 Å². The highest BCUT2D eigenvalue weighted by Crippen LogP contribution is 2.27. The van der Waals surface area contributed by atoms with E-state index in [-0.39, 0.29) is 6.03 Å². The predicted octanol–water partition coefficient (Wildman–Crippen LogP) is 4.59. The average molecular weight is 506 g/mol. The number of benzene rings is 2. The summed E-state index contributed by atoms with van der Waals surface area (Å²) >= 11 is 5.99. The second kappa shape index (κ2) is 10.5. The minimum Gasteiger partial charge on any atom is -0.378 e. The zero-order valence-corrected chi connectivity index (χ0v) is 21.0. The van der Waals surface area contributed by atoms with Crippen LogP contribution in [0.25, 0.3) is 16.9 Å². The summed E-state index contributed by atoms with van der Waals surface area (Å²) in [6.07, 6.45) is 2.06. The quantitative estimate of drug-likeness (QED) is 0.398. The van der Waals surface area contributed by atoms with Crippen molar-refractivity contribution in [3.05, 3.63) is 71.4 Å². The maximum absolute atomic E-state index is 12.4. The van der Waals surface area contributed by atoms with E-state index in [1.807, 2.05) is 42.9 Å². The van der Waals surface area contributed by atoms with Crippen molar-refractivity contribution in [3.8, 4) is 11.4 Å². The first-order chi connectivity index (χ1) is 17.4. The number of nitrogens with zero attached hydrogens (tertiary/aromatic N) is 5. The number of hydrogen-bond donors (Lipinski definition) is 2. The van der Waals surface area contributed by atoms with Crippen LogP contribution in [0.5, 0.6) is 0 Å². The number of anilines is 3. The molecule has 186 valence electrons. The maximum Gasteiger partial charge on any atom is 0.323 e. The molecular formula is C26H28ClN7O2. The number of fused-ring (bicyclic) bond motifs is 1. The van der Waals surface area contributed by atoms with Crippen LogP contribution in [0.2, 0.25) is 5.02 Å². The second-order valence-electron chi connectivity index (χ2n) is 8.94. The highest BCUT2D eigenvalue weighted by atomic mass is 35.5. The number of ether oxygens (including phenoxy) is 1. The van der Waals surface area contributed by atoms with Crippen molar-refractivity contribution in [2.75, 3.05) is 55.9 Å². The van der Waals surface area contributed by atoms with E-state index in [9.17, 15) is 4.79 Å². The third-order valence-electron chi connectivity index (χ3n) is 5.79. The van der Waals surface area contributed by atoms with Gasteiger partial charge in [-0.1, -0.05) is 17.7 Å². The Morgan fingerprint density at radius 2 is 1.81 bits per heavy atom. The third-order valence-corrected chi connectivity index (χ3v) is 6.03. The number of urea groups is 1. The molecule has 2 amide bonds. The van der Waals surface area contributed by atoms with Gasteiger partial charge in [0.25, 0.3) is 0 Å². The maximum atomic E-state index is 12.4. The second-order valence-corrected chi connectivity index (χ2v) is 9.38. The summed E-state index contributed by atoms with van der Waals surface area (Å²) in [7, 11) is 4.10. The Morgan fingerprint density at radius 3 is 2.53 bits per heavy atom. The van der Waals surface area contributed by atoms with Gasteiger partial charge in [-0.15, -0.1) is 5.10 Å². The van der Waals surface area contributed by atoms with Crippen LogP contribution in [0, 0.1) is 0 Å². The molecule has 0 aliphatic carbocycles. The molecular weight excluding hydrogens is 478 g/mol. The summed E-state index contributed by atoms with van der Waals surface area (Å²) in [6.45, 7) is 3.73. The van der Waals surface area contributed by atoms with Crippen LogP contribution < -0.4 is 15.5 Å². The molecule has 36 heavy (non-hydrogen) atoms.